The molecular formula is C32H27ClF3N3O4. The summed E-state index contributed by atoms with van der Waals surface area (Å²) in [6.45, 7) is 0. The fourth-order valence-corrected chi connectivity index (χ4v) is 4.46. The van der Waals surface area contributed by atoms with E-state index in [4.69, 9.17) is 11.6 Å². The van der Waals surface area contributed by atoms with Gasteiger partial charge in [-0.1, -0.05) is 72.3 Å². The van der Waals surface area contributed by atoms with Gasteiger partial charge in [0.05, 0.1) is 11.1 Å². The number of aromatic hydroxyl groups is 1. The van der Waals surface area contributed by atoms with Gasteiger partial charge in [-0.3, -0.25) is 14.4 Å². The lowest BCUT2D eigenvalue weighted by atomic mass is 10.0. The molecule has 0 aliphatic carbocycles. The fraction of sp³-hybridized carbons (Fsp3) is 0.156. The number of phenolic OH excluding ortho intramolecular Hbond substituents is 1. The number of amides is 3. The zero-order chi connectivity index (χ0) is 31.0. The number of nitrogens with one attached hydrogen (secondary N) is 3. The van der Waals surface area contributed by atoms with E-state index in [-0.39, 0.29) is 34.9 Å². The van der Waals surface area contributed by atoms with Crippen LogP contribution in [0.15, 0.2) is 103 Å². The molecule has 11 heteroatoms. The number of rotatable bonds is 10. The highest BCUT2D eigenvalue weighted by Crippen LogP contribution is 2.30. The second-order valence-electron chi connectivity index (χ2n) is 9.69. The number of benzene rings is 4. The number of anilines is 1. The first-order chi connectivity index (χ1) is 20.5. The molecule has 0 aromatic heterocycles. The van der Waals surface area contributed by atoms with Crippen LogP contribution in [0.25, 0.3) is 0 Å². The van der Waals surface area contributed by atoms with Crippen molar-refractivity contribution < 1.29 is 32.7 Å². The minimum Gasteiger partial charge on any atom is -0.507 e. The molecule has 0 bridgehead atoms. The van der Waals surface area contributed by atoms with E-state index >= 15 is 0 Å². The van der Waals surface area contributed by atoms with Crippen molar-refractivity contribution in [2.75, 3.05) is 5.32 Å². The fourth-order valence-electron chi connectivity index (χ4n) is 4.29. The highest BCUT2D eigenvalue weighted by molar-refractivity contribution is 6.31. The van der Waals surface area contributed by atoms with Crippen molar-refractivity contribution in [2.45, 2.75) is 31.1 Å². The van der Waals surface area contributed by atoms with E-state index in [2.05, 4.69) is 16.0 Å². The first-order valence-electron chi connectivity index (χ1n) is 13.2. The van der Waals surface area contributed by atoms with Crippen molar-refractivity contribution in [3.05, 3.63) is 130 Å². The summed E-state index contributed by atoms with van der Waals surface area (Å²) in [6, 6.07) is 23.2. The predicted octanol–water partition coefficient (Wildman–Crippen LogP) is 5.77. The molecule has 0 saturated heterocycles. The van der Waals surface area contributed by atoms with Crippen molar-refractivity contribution in [3.63, 3.8) is 0 Å². The van der Waals surface area contributed by atoms with E-state index in [1.54, 1.807) is 60.7 Å². The number of hydrogen-bond donors (Lipinski definition) is 4. The first-order valence-corrected chi connectivity index (χ1v) is 13.5. The molecule has 0 aliphatic rings. The Bertz CT molecular complexity index is 1570. The lowest BCUT2D eigenvalue weighted by Gasteiger charge is -2.24. The Morgan fingerprint density at radius 2 is 1.26 bits per heavy atom. The molecular weight excluding hydrogens is 583 g/mol. The van der Waals surface area contributed by atoms with E-state index in [0.29, 0.717) is 11.1 Å². The third-order valence-corrected chi connectivity index (χ3v) is 6.74. The molecule has 4 N–H and O–H groups in total. The Morgan fingerprint density at radius 3 is 1.79 bits per heavy atom. The van der Waals surface area contributed by atoms with Crippen LogP contribution in [-0.2, 0) is 28.6 Å². The summed E-state index contributed by atoms with van der Waals surface area (Å²) in [4.78, 5) is 40.1. The van der Waals surface area contributed by atoms with Gasteiger partial charge in [0.1, 0.15) is 17.8 Å². The smallest absolute Gasteiger partial charge is 0.416 e. The zero-order valence-electron chi connectivity index (χ0n) is 22.6. The molecule has 43 heavy (non-hydrogen) atoms. The minimum absolute atomic E-state index is 0.0539. The van der Waals surface area contributed by atoms with Crippen molar-refractivity contribution in [1.29, 1.82) is 0 Å². The SMILES string of the molecule is O=C(N[C@@H](Cc1ccccc1)C(=O)N[C@@H](Cc1ccccc1)C(=O)Nc1ccc(C(F)(F)F)cc1)c1cc(Cl)ccc1O. The summed E-state index contributed by atoms with van der Waals surface area (Å²) in [6.07, 6.45) is -4.43. The van der Waals surface area contributed by atoms with E-state index in [1.165, 1.54) is 18.2 Å². The summed E-state index contributed by atoms with van der Waals surface area (Å²) in [5, 5.41) is 18.3. The van der Waals surface area contributed by atoms with Crippen LogP contribution in [0, 0.1) is 0 Å². The number of hydrogen-bond acceptors (Lipinski definition) is 4. The van der Waals surface area contributed by atoms with Gasteiger partial charge in [-0.15, -0.1) is 0 Å². The van der Waals surface area contributed by atoms with Gasteiger partial charge in [0, 0.05) is 23.6 Å². The topological polar surface area (TPSA) is 108 Å². The van der Waals surface area contributed by atoms with Crippen molar-refractivity contribution in [3.8, 4) is 5.75 Å². The zero-order valence-corrected chi connectivity index (χ0v) is 23.3. The quantitative estimate of drug-likeness (QED) is 0.183. The maximum atomic E-state index is 13.7. The Morgan fingerprint density at radius 1 is 0.721 bits per heavy atom. The first kappa shape index (κ1) is 31.1. The molecule has 222 valence electrons. The van der Waals surface area contributed by atoms with Crippen LogP contribution < -0.4 is 16.0 Å². The normalized spacial score (nSPS) is 12.6. The average Bonchev–Trinajstić information content (AvgIpc) is 2.98. The third-order valence-electron chi connectivity index (χ3n) is 6.50. The third kappa shape index (κ3) is 8.83. The molecule has 7 nitrogen and oxygen atoms in total. The van der Waals surface area contributed by atoms with Crippen LogP contribution in [0.5, 0.6) is 5.75 Å². The van der Waals surface area contributed by atoms with Crippen LogP contribution in [0.1, 0.15) is 27.0 Å². The highest BCUT2D eigenvalue weighted by Gasteiger charge is 2.31. The Hall–Kier alpha value is -4.83. The molecule has 0 radical (unpaired) electrons. The molecule has 0 aliphatic heterocycles. The molecule has 4 aromatic carbocycles. The van der Waals surface area contributed by atoms with Gasteiger partial charge in [-0.05, 0) is 53.6 Å². The van der Waals surface area contributed by atoms with E-state index in [0.717, 1.165) is 24.3 Å². The molecule has 0 spiro atoms. The number of phenols is 1. The number of carbonyl (C=O) groups excluding carboxylic acids is 3. The van der Waals surface area contributed by atoms with Crippen molar-refractivity contribution in [1.82, 2.24) is 10.6 Å². The molecule has 2 atom stereocenters. The summed E-state index contributed by atoms with van der Waals surface area (Å²) < 4.78 is 39.0. The Balaban J connectivity index is 1.58. The standard InChI is InChI=1S/C32H27ClF3N3O4/c33-23-13-16-28(40)25(19-23)29(41)38-27(18-21-9-5-2-6-10-21)31(43)39-26(17-20-7-3-1-4-8-20)30(42)37-24-14-11-22(12-15-24)32(34,35)36/h1-16,19,26-27,40H,17-18H2,(H,37,42)(H,38,41)(H,39,43)/t26-,27-/m0/s1. The Labute approximate surface area is 250 Å². The second kappa shape index (κ2) is 13.9. The van der Waals surface area contributed by atoms with Crippen LogP contribution >= 0.6 is 11.6 Å². The van der Waals surface area contributed by atoms with Crippen molar-refractivity contribution in [2.24, 2.45) is 0 Å². The molecule has 4 aromatic rings. The monoisotopic (exact) mass is 609 g/mol. The molecule has 0 saturated carbocycles. The summed E-state index contributed by atoms with van der Waals surface area (Å²) in [5.74, 6) is -2.46. The number of halogens is 4. The van der Waals surface area contributed by atoms with Gasteiger partial charge in [0.15, 0.2) is 0 Å². The molecule has 0 unspecified atom stereocenters. The molecule has 4 rings (SSSR count). The van der Waals surface area contributed by atoms with Gasteiger partial charge >= 0.3 is 6.18 Å². The summed E-state index contributed by atoms with van der Waals surface area (Å²) in [5.41, 5.74) is 0.523. The van der Waals surface area contributed by atoms with E-state index in [9.17, 15) is 32.7 Å². The van der Waals surface area contributed by atoms with E-state index in [1.807, 2.05) is 0 Å². The lowest BCUT2D eigenvalue weighted by molar-refractivity contribution is -0.137. The van der Waals surface area contributed by atoms with Crippen LogP contribution in [-0.4, -0.2) is 34.9 Å². The van der Waals surface area contributed by atoms with Crippen LogP contribution in [0.3, 0.4) is 0 Å². The summed E-state index contributed by atoms with van der Waals surface area (Å²) in [7, 11) is 0. The highest BCUT2D eigenvalue weighted by atomic mass is 35.5. The molecule has 0 fully saturated rings. The van der Waals surface area contributed by atoms with Gasteiger partial charge in [0.25, 0.3) is 5.91 Å². The van der Waals surface area contributed by atoms with Gasteiger partial charge in [-0.25, -0.2) is 0 Å². The lowest BCUT2D eigenvalue weighted by Crippen LogP contribution is -2.54. The second-order valence-corrected chi connectivity index (χ2v) is 10.1. The number of alkyl halides is 3. The minimum atomic E-state index is -4.54. The average molecular weight is 610 g/mol. The largest absolute Gasteiger partial charge is 0.507 e. The van der Waals surface area contributed by atoms with Crippen LogP contribution in [0.4, 0.5) is 18.9 Å². The summed E-state index contributed by atoms with van der Waals surface area (Å²) >= 11 is 6.00. The van der Waals surface area contributed by atoms with Gasteiger partial charge < -0.3 is 21.1 Å². The maximum Gasteiger partial charge on any atom is 0.416 e. The maximum absolute atomic E-state index is 13.7. The van der Waals surface area contributed by atoms with Crippen molar-refractivity contribution >= 4 is 35.0 Å². The molecule has 3 amide bonds. The van der Waals surface area contributed by atoms with Crippen LogP contribution in [0.2, 0.25) is 5.02 Å². The number of carbonyl (C=O) groups is 3. The van der Waals surface area contributed by atoms with Gasteiger partial charge in [0.2, 0.25) is 11.8 Å². The predicted molar refractivity (Wildman–Crippen MR) is 157 cm³/mol. The molecule has 0 heterocycles. The Kier molecular flexibility index (Phi) is 10.0. The van der Waals surface area contributed by atoms with Gasteiger partial charge in [-0.2, -0.15) is 13.2 Å². The van der Waals surface area contributed by atoms with E-state index < -0.39 is 41.5 Å².